The highest BCUT2D eigenvalue weighted by Gasteiger charge is 2.06. The lowest BCUT2D eigenvalue weighted by Gasteiger charge is -2.12. The number of hydrogen-bond donors (Lipinski definition) is 1. The summed E-state index contributed by atoms with van der Waals surface area (Å²) in [6, 6.07) is 8.50. The van der Waals surface area contributed by atoms with Gasteiger partial charge in [0.2, 0.25) is 0 Å². The molecule has 0 fully saturated rings. The van der Waals surface area contributed by atoms with Crippen LogP contribution >= 0.6 is 15.9 Å². The van der Waals surface area contributed by atoms with Gasteiger partial charge in [0.1, 0.15) is 17.3 Å². The van der Waals surface area contributed by atoms with Crippen LogP contribution in [0.15, 0.2) is 41.0 Å². The highest BCUT2D eigenvalue weighted by molar-refractivity contribution is 9.10. The normalized spacial score (nSPS) is 12.2. The Labute approximate surface area is 126 Å². The summed E-state index contributed by atoms with van der Waals surface area (Å²) in [4.78, 5) is 4.36. The lowest BCUT2D eigenvalue weighted by Crippen LogP contribution is -2.18. The molecule has 1 unspecified atom stereocenters. The molecule has 2 aromatic rings. The number of ether oxygens (including phenoxy) is 1. The number of pyridine rings is 1. The zero-order valence-corrected chi connectivity index (χ0v) is 12.9. The minimum atomic E-state index is -0.315. The van der Waals surface area contributed by atoms with Crippen LogP contribution in [-0.4, -0.2) is 11.5 Å². The molecule has 1 aromatic carbocycles. The molecule has 0 spiro atoms. The molecular weight excluding hydrogens is 323 g/mol. The number of hydrogen-bond acceptors (Lipinski definition) is 3. The summed E-state index contributed by atoms with van der Waals surface area (Å²) >= 11 is 3.13. The third-order valence-corrected chi connectivity index (χ3v) is 3.45. The molecule has 0 aliphatic rings. The van der Waals surface area contributed by atoms with Gasteiger partial charge >= 0.3 is 0 Å². The first-order valence-corrected chi connectivity index (χ1v) is 7.21. The van der Waals surface area contributed by atoms with E-state index in [1.54, 1.807) is 18.3 Å². The lowest BCUT2D eigenvalue weighted by atomic mass is 10.2. The van der Waals surface area contributed by atoms with E-state index in [-0.39, 0.29) is 11.9 Å². The molecule has 0 bridgehead atoms. The van der Waals surface area contributed by atoms with Crippen LogP contribution in [0.4, 0.5) is 4.39 Å². The van der Waals surface area contributed by atoms with Crippen molar-refractivity contribution in [3.63, 3.8) is 0 Å². The Kier molecular flexibility index (Phi) is 5.09. The second kappa shape index (κ2) is 6.81. The number of nitrogens with one attached hydrogen (secondary N) is 1. The van der Waals surface area contributed by atoms with E-state index in [4.69, 9.17) is 4.74 Å². The summed E-state index contributed by atoms with van der Waals surface area (Å²) in [5.41, 5.74) is 0.958. The standard InChI is InChI=1S/C15H16BrFN2O/c1-3-18-10(2)15-7-5-12(9-19-15)20-11-4-6-14(17)13(16)8-11/h4-10,18H,3H2,1-2H3. The molecule has 1 heterocycles. The quantitative estimate of drug-likeness (QED) is 0.874. The van der Waals surface area contributed by atoms with E-state index in [1.165, 1.54) is 6.07 Å². The second-order valence-electron chi connectivity index (χ2n) is 4.38. The van der Waals surface area contributed by atoms with Gasteiger partial charge in [-0.15, -0.1) is 0 Å². The van der Waals surface area contributed by atoms with Crippen LogP contribution < -0.4 is 10.1 Å². The highest BCUT2D eigenvalue weighted by atomic mass is 79.9. The van der Waals surface area contributed by atoms with E-state index in [9.17, 15) is 4.39 Å². The minimum absolute atomic E-state index is 0.203. The van der Waals surface area contributed by atoms with E-state index < -0.39 is 0 Å². The maximum absolute atomic E-state index is 13.1. The molecule has 0 radical (unpaired) electrons. The molecule has 106 valence electrons. The van der Waals surface area contributed by atoms with Gasteiger partial charge in [0.25, 0.3) is 0 Å². The van der Waals surface area contributed by atoms with Crippen LogP contribution in [0.3, 0.4) is 0 Å². The van der Waals surface area contributed by atoms with Gasteiger partial charge in [-0.3, -0.25) is 4.98 Å². The van der Waals surface area contributed by atoms with Crippen LogP contribution in [0.1, 0.15) is 25.6 Å². The van der Waals surface area contributed by atoms with Crippen LogP contribution in [0.25, 0.3) is 0 Å². The molecular formula is C15H16BrFN2O. The van der Waals surface area contributed by atoms with Crippen LogP contribution in [-0.2, 0) is 0 Å². The number of rotatable bonds is 5. The minimum Gasteiger partial charge on any atom is -0.456 e. The fraction of sp³-hybridized carbons (Fsp3) is 0.267. The topological polar surface area (TPSA) is 34.1 Å². The van der Waals surface area contributed by atoms with Crippen molar-refractivity contribution in [1.29, 1.82) is 0 Å². The molecule has 1 aromatic heterocycles. The Bertz CT molecular complexity index is 575. The molecule has 5 heteroatoms. The summed E-state index contributed by atoms with van der Waals surface area (Å²) in [6.45, 7) is 5.01. The first kappa shape index (κ1) is 14.9. The lowest BCUT2D eigenvalue weighted by molar-refractivity contribution is 0.475. The summed E-state index contributed by atoms with van der Waals surface area (Å²) in [6.07, 6.45) is 1.67. The zero-order valence-electron chi connectivity index (χ0n) is 11.4. The predicted molar refractivity (Wildman–Crippen MR) is 80.5 cm³/mol. The molecule has 0 aliphatic carbocycles. The third kappa shape index (κ3) is 3.77. The van der Waals surface area contributed by atoms with Gasteiger partial charge in [0, 0.05) is 6.04 Å². The average molecular weight is 339 g/mol. The van der Waals surface area contributed by atoms with E-state index in [0.29, 0.717) is 16.0 Å². The van der Waals surface area contributed by atoms with Crippen molar-refractivity contribution in [2.45, 2.75) is 19.9 Å². The van der Waals surface area contributed by atoms with Crippen LogP contribution in [0.5, 0.6) is 11.5 Å². The highest BCUT2D eigenvalue weighted by Crippen LogP contribution is 2.26. The van der Waals surface area contributed by atoms with Gasteiger partial charge in [-0.2, -0.15) is 0 Å². The van der Waals surface area contributed by atoms with Crippen molar-refractivity contribution in [3.05, 3.63) is 52.5 Å². The molecule has 20 heavy (non-hydrogen) atoms. The Morgan fingerprint density at radius 3 is 2.65 bits per heavy atom. The Morgan fingerprint density at radius 2 is 2.05 bits per heavy atom. The van der Waals surface area contributed by atoms with Crippen LogP contribution in [0.2, 0.25) is 0 Å². The summed E-state index contributed by atoms with van der Waals surface area (Å²) in [5.74, 6) is 0.869. The first-order valence-electron chi connectivity index (χ1n) is 6.42. The van der Waals surface area contributed by atoms with Crippen LogP contribution in [0, 0.1) is 5.82 Å². The monoisotopic (exact) mass is 338 g/mol. The Morgan fingerprint density at radius 1 is 1.30 bits per heavy atom. The smallest absolute Gasteiger partial charge is 0.145 e. The number of nitrogens with zero attached hydrogens (tertiary/aromatic N) is 1. The Hall–Kier alpha value is -1.46. The molecule has 3 nitrogen and oxygen atoms in total. The van der Waals surface area contributed by atoms with E-state index in [0.717, 1.165) is 12.2 Å². The van der Waals surface area contributed by atoms with Crippen molar-refractivity contribution < 1.29 is 9.13 Å². The van der Waals surface area contributed by atoms with Gasteiger partial charge < -0.3 is 10.1 Å². The fourth-order valence-electron chi connectivity index (χ4n) is 1.80. The molecule has 0 amide bonds. The average Bonchev–Trinajstić information content (AvgIpc) is 2.44. The molecule has 1 atom stereocenters. The second-order valence-corrected chi connectivity index (χ2v) is 5.23. The molecule has 1 N–H and O–H groups in total. The van der Waals surface area contributed by atoms with Crippen molar-refractivity contribution in [2.75, 3.05) is 6.54 Å². The number of benzene rings is 1. The van der Waals surface area contributed by atoms with Gasteiger partial charge in [-0.05, 0) is 59.7 Å². The maximum atomic E-state index is 13.1. The molecule has 0 saturated carbocycles. The zero-order chi connectivity index (χ0) is 14.5. The number of aromatic nitrogens is 1. The van der Waals surface area contributed by atoms with Crippen molar-refractivity contribution in [3.8, 4) is 11.5 Å². The van der Waals surface area contributed by atoms with E-state index >= 15 is 0 Å². The van der Waals surface area contributed by atoms with Crippen molar-refractivity contribution in [1.82, 2.24) is 10.3 Å². The summed E-state index contributed by atoms with van der Waals surface area (Å²) in [5, 5.41) is 3.29. The van der Waals surface area contributed by atoms with E-state index in [1.807, 2.05) is 12.1 Å². The van der Waals surface area contributed by atoms with Crippen molar-refractivity contribution in [2.24, 2.45) is 0 Å². The summed E-state index contributed by atoms with van der Waals surface area (Å²) < 4.78 is 19.1. The predicted octanol–water partition coefficient (Wildman–Crippen LogP) is 4.45. The van der Waals surface area contributed by atoms with Gasteiger partial charge in [-0.25, -0.2) is 4.39 Å². The van der Waals surface area contributed by atoms with Gasteiger partial charge in [0.05, 0.1) is 16.4 Å². The summed E-state index contributed by atoms with van der Waals surface area (Å²) in [7, 11) is 0. The molecule has 0 aliphatic heterocycles. The fourth-order valence-corrected chi connectivity index (χ4v) is 2.15. The van der Waals surface area contributed by atoms with E-state index in [2.05, 4.69) is 40.1 Å². The van der Waals surface area contributed by atoms with Gasteiger partial charge in [-0.1, -0.05) is 6.92 Å². The SMILES string of the molecule is CCNC(C)c1ccc(Oc2ccc(F)c(Br)c2)cn1. The van der Waals surface area contributed by atoms with Crippen molar-refractivity contribution >= 4 is 15.9 Å². The number of halogens is 2. The molecule has 0 saturated heterocycles. The van der Waals surface area contributed by atoms with Gasteiger partial charge in [0.15, 0.2) is 0 Å². The third-order valence-electron chi connectivity index (χ3n) is 2.84. The Balaban J connectivity index is 2.08. The largest absolute Gasteiger partial charge is 0.456 e. The first-order chi connectivity index (χ1) is 9.60. The molecule has 2 rings (SSSR count). The maximum Gasteiger partial charge on any atom is 0.145 e.